The average molecular weight is 321 g/mol. The molecule has 0 aliphatic carbocycles. The molecule has 0 radical (unpaired) electrons. The average Bonchev–Trinajstić information content (AvgIpc) is 3.11. The summed E-state index contributed by atoms with van der Waals surface area (Å²) in [6.07, 6.45) is 6.32. The Balaban J connectivity index is 1.42. The van der Waals surface area contributed by atoms with Crippen LogP contribution in [0.3, 0.4) is 0 Å². The van der Waals surface area contributed by atoms with Crippen molar-refractivity contribution in [2.75, 3.05) is 20.2 Å². The minimum absolute atomic E-state index is 0.632. The van der Waals surface area contributed by atoms with E-state index >= 15 is 0 Å². The number of rotatable bonds is 4. The van der Waals surface area contributed by atoms with E-state index in [1.165, 1.54) is 29.4 Å². The zero-order valence-corrected chi connectivity index (χ0v) is 14.0. The molecule has 1 aromatic carbocycles. The smallest absolute Gasteiger partial charge is 0.137 e. The number of methoxy groups -OCH3 is 1. The van der Waals surface area contributed by atoms with Crippen LogP contribution in [0.25, 0.3) is 11.0 Å². The third-order valence-corrected chi connectivity index (χ3v) is 5.06. The molecule has 0 saturated carbocycles. The minimum atomic E-state index is 0.632. The van der Waals surface area contributed by atoms with Crippen molar-refractivity contribution in [2.45, 2.75) is 25.3 Å². The molecule has 0 spiro atoms. The van der Waals surface area contributed by atoms with Crippen molar-refractivity contribution in [3.8, 4) is 5.75 Å². The second-order valence-corrected chi connectivity index (χ2v) is 6.54. The lowest BCUT2D eigenvalue weighted by Gasteiger charge is -2.32. The maximum absolute atomic E-state index is 5.32. The normalized spacial score (nSPS) is 16.5. The number of benzene rings is 1. The maximum atomic E-state index is 5.32. The number of aromatic amines is 1. The molecule has 1 fully saturated rings. The Morgan fingerprint density at radius 3 is 2.92 bits per heavy atom. The number of H-pyrrole nitrogens is 1. The second kappa shape index (κ2) is 6.65. The Morgan fingerprint density at radius 2 is 2.08 bits per heavy atom. The lowest BCUT2D eigenvalue weighted by Crippen LogP contribution is -2.32. The van der Waals surface area contributed by atoms with Crippen LogP contribution in [0, 0.1) is 0 Å². The highest BCUT2D eigenvalue weighted by Gasteiger charge is 2.22. The van der Waals surface area contributed by atoms with Crippen molar-refractivity contribution in [1.29, 1.82) is 0 Å². The van der Waals surface area contributed by atoms with Gasteiger partial charge in [0.05, 0.1) is 7.11 Å². The van der Waals surface area contributed by atoms with Crippen LogP contribution in [-0.4, -0.2) is 35.1 Å². The fraction of sp³-hybridized carbons (Fsp3) is 0.350. The first kappa shape index (κ1) is 15.2. The molecule has 1 aliphatic rings. The summed E-state index contributed by atoms with van der Waals surface area (Å²) < 4.78 is 5.32. The van der Waals surface area contributed by atoms with Crippen molar-refractivity contribution in [3.05, 3.63) is 59.9 Å². The summed E-state index contributed by atoms with van der Waals surface area (Å²) in [5, 5.41) is 1.28. The molecule has 3 aromatic rings. The molecule has 4 nitrogen and oxygen atoms in total. The Bertz CT molecular complexity index is 818. The van der Waals surface area contributed by atoms with Gasteiger partial charge in [0, 0.05) is 24.3 Å². The molecule has 0 unspecified atom stereocenters. The van der Waals surface area contributed by atoms with Crippen LogP contribution in [0.15, 0.2) is 48.8 Å². The lowest BCUT2D eigenvalue weighted by atomic mass is 9.88. The molecule has 3 heterocycles. The van der Waals surface area contributed by atoms with E-state index < -0.39 is 0 Å². The number of hydrogen-bond donors (Lipinski definition) is 1. The standard InChI is InChI=1S/C20H23N3O/c1-24-17-4-2-3-15(13-17)14-23-11-7-16(8-12-23)18-5-9-21-20-19(18)6-10-22-20/h2-6,9-10,13,16H,7-8,11-12,14H2,1H3,(H,21,22). The van der Waals surface area contributed by atoms with E-state index in [0.717, 1.165) is 31.0 Å². The molecule has 1 N–H and O–H groups in total. The number of piperidine rings is 1. The number of nitrogens with one attached hydrogen (secondary N) is 1. The Kier molecular flexibility index (Phi) is 4.22. The third kappa shape index (κ3) is 3.02. The molecule has 0 atom stereocenters. The molecule has 1 aliphatic heterocycles. The Morgan fingerprint density at radius 1 is 1.21 bits per heavy atom. The monoisotopic (exact) mass is 321 g/mol. The quantitative estimate of drug-likeness (QED) is 0.791. The zero-order valence-electron chi connectivity index (χ0n) is 14.0. The van der Waals surface area contributed by atoms with Crippen LogP contribution < -0.4 is 4.74 Å². The highest BCUT2D eigenvalue weighted by molar-refractivity contribution is 5.79. The summed E-state index contributed by atoms with van der Waals surface area (Å²) in [5.74, 6) is 1.57. The number of nitrogens with zero attached hydrogens (tertiary/aromatic N) is 2. The number of aromatic nitrogens is 2. The molecule has 2 aromatic heterocycles. The van der Waals surface area contributed by atoms with Gasteiger partial charge in [-0.2, -0.15) is 0 Å². The summed E-state index contributed by atoms with van der Waals surface area (Å²) in [6, 6.07) is 12.7. The van der Waals surface area contributed by atoms with Gasteiger partial charge in [0.25, 0.3) is 0 Å². The first-order chi connectivity index (χ1) is 11.8. The lowest BCUT2D eigenvalue weighted by molar-refractivity contribution is 0.205. The summed E-state index contributed by atoms with van der Waals surface area (Å²) >= 11 is 0. The van der Waals surface area contributed by atoms with Crippen LogP contribution in [0.5, 0.6) is 5.75 Å². The van der Waals surface area contributed by atoms with Crippen LogP contribution >= 0.6 is 0 Å². The van der Waals surface area contributed by atoms with Gasteiger partial charge in [-0.05, 0) is 67.2 Å². The highest BCUT2D eigenvalue weighted by Crippen LogP contribution is 2.32. The largest absolute Gasteiger partial charge is 0.497 e. The zero-order chi connectivity index (χ0) is 16.4. The van der Waals surface area contributed by atoms with E-state index in [0.29, 0.717) is 5.92 Å². The number of hydrogen-bond acceptors (Lipinski definition) is 3. The SMILES string of the molecule is COc1cccc(CN2CCC(c3ccnc4[nH]ccc34)CC2)c1. The molecule has 0 bridgehead atoms. The summed E-state index contributed by atoms with van der Waals surface area (Å²) in [7, 11) is 1.72. The van der Waals surface area contributed by atoms with Crippen LogP contribution in [-0.2, 0) is 6.54 Å². The maximum Gasteiger partial charge on any atom is 0.137 e. The molecular weight excluding hydrogens is 298 g/mol. The van der Waals surface area contributed by atoms with Crippen LogP contribution in [0.1, 0.15) is 29.9 Å². The number of likely N-dealkylation sites (tertiary alicyclic amines) is 1. The van der Waals surface area contributed by atoms with Gasteiger partial charge in [0.1, 0.15) is 11.4 Å². The van der Waals surface area contributed by atoms with E-state index in [2.05, 4.69) is 45.2 Å². The van der Waals surface area contributed by atoms with Gasteiger partial charge in [-0.1, -0.05) is 12.1 Å². The van der Waals surface area contributed by atoms with Crippen LogP contribution in [0.2, 0.25) is 0 Å². The van der Waals surface area contributed by atoms with E-state index in [-0.39, 0.29) is 0 Å². The van der Waals surface area contributed by atoms with Crippen molar-refractivity contribution in [1.82, 2.24) is 14.9 Å². The summed E-state index contributed by atoms with van der Waals surface area (Å²) in [6.45, 7) is 3.27. The predicted octanol–water partition coefficient (Wildman–Crippen LogP) is 3.95. The Hall–Kier alpha value is -2.33. The first-order valence-corrected chi connectivity index (χ1v) is 8.61. The number of ether oxygens (including phenoxy) is 1. The Labute approximate surface area is 142 Å². The molecule has 24 heavy (non-hydrogen) atoms. The van der Waals surface area contributed by atoms with Crippen molar-refractivity contribution < 1.29 is 4.74 Å². The number of fused-ring (bicyclic) bond motifs is 1. The van der Waals surface area contributed by atoms with E-state index in [1.807, 2.05) is 18.5 Å². The van der Waals surface area contributed by atoms with Crippen LogP contribution in [0.4, 0.5) is 0 Å². The van der Waals surface area contributed by atoms with Gasteiger partial charge >= 0.3 is 0 Å². The fourth-order valence-electron chi connectivity index (χ4n) is 3.77. The minimum Gasteiger partial charge on any atom is -0.497 e. The second-order valence-electron chi connectivity index (χ2n) is 6.54. The highest BCUT2D eigenvalue weighted by atomic mass is 16.5. The topological polar surface area (TPSA) is 41.1 Å². The third-order valence-electron chi connectivity index (χ3n) is 5.06. The summed E-state index contributed by atoms with van der Waals surface area (Å²) in [4.78, 5) is 10.2. The van der Waals surface area contributed by atoms with Crippen molar-refractivity contribution in [3.63, 3.8) is 0 Å². The van der Waals surface area contributed by atoms with E-state index in [1.54, 1.807) is 7.11 Å². The van der Waals surface area contributed by atoms with Gasteiger partial charge in [-0.3, -0.25) is 4.90 Å². The summed E-state index contributed by atoms with van der Waals surface area (Å²) in [5.41, 5.74) is 3.78. The van der Waals surface area contributed by atoms with Gasteiger partial charge in [0.15, 0.2) is 0 Å². The van der Waals surface area contributed by atoms with Gasteiger partial charge in [-0.25, -0.2) is 4.98 Å². The molecule has 124 valence electrons. The van der Waals surface area contributed by atoms with Crippen molar-refractivity contribution >= 4 is 11.0 Å². The van der Waals surface area contributed by atoms with E-state index in [9.17, 15) is 0 Å². The van der Waals surface area contributed by atoms with Gasteiger partial charge in [0.2, 0.25) is 0 Å². The molecule has 0 amide bonds. The fourth-order valence-corrected chi connectivity index (χ4v) is 3.77. The van der Waals surface area contributed by atoms with E-state index in [4.69, 9.17) is 4.74 Å². The first-order valence-electron chi connectivity index (χ1n) is 8.61. The van der Waals surface area contributed by atoms with Crippen molar-refractivity contribution in [2.24, 2.45) is 0 Å². The molecule has 1 saturated heterocycles. The predicted molar refractivity (Wildman–Crippen MR) is 96.3 cm³/mol. The van der Waals surface area contributed by atoms with Gasteiger partial charge in [-0.15, -0.1) is 0 Å². The molecule has 4 rings (SSSR count). The van der Waals surface area contributed by atoms with Gasteiger partial charge < -0.3 is 9.72 Å². The molecule has 4 heteroatoms. The number of pyridine rings is 1. The molecular formula is C20H23N3O.